The highest BCUT2D eigenvalue weighted by Gasteiger charge is 2.40. The molecule has 0 radical (unpaired) electrons. The second-order valence-electron chi connectivity index (χ2n) is 11.1. The Bertz CT molecular complexity index is 1060. The number of benzene rings is 2. The third-order valence-corrected chi connectivity index (χ3v) is 8.65. The topological polar surface area (TPSA) is 9.23 Å². The summed E-state index contributed by atoms with van der Waals surface area (Å²) in [6.45, 7) is 2.24. The van der Waals surface area contributed by atoms with Gasteiger partial charge < -0.3 is 4.74 Å². The van der Waals surface area contributed by atoms with Crippen LogP contribution in [0.4, 0.5) is 30.7 Å². The quantitative estimate of drug-likeness (QED) is 0.226. The van der Waals surface area contributed by atoms with Crippen LogP contribution < -0.4 is 4.74 Å². The largest absolute Gasteiger partial charge is 0.429 e. The molecule has 8 heteroatoms. The molecule has 0 atom stereocenters. The predicted octanol–water partition coefficient (Wildman–Crippen LogP) is 9.86. The molecule has 0 unspecified atom stereocenters. The molecule has 0 aromatic heterocycles. The first kappa shape index (κ1) is 28.8. The molecule has 210 valence electrons. The van der Waals surface area contributed by atoms with E-state index in [4.69, 9.17) is 0 Å². The van der Waals surface area contributed by atoms with Gasteiger partial charge in [-0.15, -0.1) is 0 Å². The van der Waals surface area contributed by atoms with Crippen molar-refractivity contribution in [2.75, 3.05) is 0 Å². The number of ether oxygens (including phenoxy) is 1. The maximum Gasteiger partial charge on any atom is 0.429 e. The van der Waals surface area contributed by atoms with E-state index in [-0.39, 0.29) is 24.1 Å². The summed E-state index contributed by atoms with van der Waals surface area (Å²) in [5.74, 6) is -6.75. The molecule has 0 bridgehead atoms. The number of aryl methyl sites for hydroxylation is 1. The van der Waals surface area contributed by atoms with Crippen LogP contribution in [-0.2, 0) is 12.5 Å². The van der Waals surface area contributed by atoms with Crippen LogP contribution in [0, 0.1) is 52.8 Å². The van der Waals surface area contributed by atoms with Gasteiger partial charge in [0.2, 0.25) is 0 Å². The molecule has 0 aliphatic heterocycles. The fourth-order valence-electron chi connectivity index (χ4n) is 6.47. The van der Waals surface area contributed by atoms with Gasteiger partial charge in [0, 0.05) is 12.1 Å². The Labute approximate surface area is 219 Å². The molecule has 2 saturated carbocycles. The van der Waals surface area contributed by atoms with E-state index < -0.39 is 46.5 Å². The fraction of sp³-hybridized carbons (Fsp3) is 0.600. The lowest BCUT2D eigenvalue weighted by molar-refractivity contribution is -0.188. The third-order valence-electron chi connectivity index (χ3n) is 8.65. The van der Waals surface area contributed by atoms with Crippen LogP contribution in [0.5, 0.6) is 5.75 Å². The van der Waals surface area contributed by atoms with Crippen molar-refractivity contribution in [2.45, 2.75) is 90.1 Å². The molecule has 2 aliphatic rings. The summed E-state index contributed by atoms with van der Waals surface area (Å²) in [6, 6.07) is 2.23. The van der Waals surface area contributed by atoms with Gasteiger partial charge in [-0.25, -0.2) is 22.0 Å². The Morgan fingerprint density at radius 3 is 1.76 bits per heavy atom. The average Bonchev–Trinajstić information content (AvgIpc) is 2.88. The van der Waals surface area contributed by atoms with Gasteiger partial charge in [0.1, 0.15) is 11.3 Å². The van der Waals surface area contributed by atoms with Crippen LogP contribution >= 0.6 is 0 Å². The van der Waals surface area contributed by atoms with Crippen molar-refractivity contribution < 1.29 is 35.5 Å². The van der Waals surface area contributed by atoms with E-state index in [1.165, 1.54) is 38.5 Å². The van der Waals surface area contributed by atoms with Gasteiger partial charge in [-0.3, -0.25) is 0 Å². The molecule has 38 heavy (non-hydrogen) atoms. The smallest absolute Gasteiger partial charge is 0.429 e. The molecule has 0 spiro atoms. The number of rotatable bonds is 9. The minimum atomic E-state index is -4.44. The normalized spacial score (nSPS) is 24.4. The summed E-state index contributed by atoms with van der Waals surface area (Å²) in [7, 11) is 0. The summed E-state index contributed by atoms with van der Waals surface area (Å²) in [5.41, 5.74) is -1.41. The molecule has 0 heterocycles. The Morgan fingerprint density at radius 1 is 0.711 bits per heavy atom. The Morgan fingerprint density at radius 2 is 1.24 bits per heavy atom. The van der Waals surface area contributed by atoms with Crippen molar-refractivity contribution in [1.29, 1.82) is 0 Å². The number of alkyl halides is 2. The average molecular weight is 545 g/mol. The molecule has 2 fully saturated rings. The van der Waals surface area contributed by atoms with Crippen molar-refractivity contribution in [2.24, 2.45) is 23.7 Å². The number of hydrogen-bond donors (Lipinski definition) is 0. The molecule has 0 N–H and O–H groups in total. The van der Waals surface area contributed by atoms with Gasteiger partial charge >= 0.3 is 6.11 Å². The second-order valence-corrected chi connectivity index (χ2v) is 11.1. The maximum atomic E-state index is 14.7. The standard InChI is InChI=1S/C30H35F7O/c1-2-3-18-4-9-20(10-5-18)21-11-6-19(7-12-21)8-13-22-14-15-24(28(34)27(22)33)30(36,37)38-23-16-25(31)29(35)26(32)17-23/h14-21H,2-13H2,1H3. The first-order chi connectivity index (χ1) is 18.1. The summed E-state index contributed by atoms with van der Waals surface area (Å²) in [6.07, 6.45) is 8.70. The summed E-state index contributed by atoms with van der Waals surface area (Å²) < 4.78 is 102. The summed E-state index contributed by atoms with van der Waals surface area (Å²) in [4.78, 5) is 0. The predicted molar refractivity (Wildman–Crippen MR) is 131 cm³/mol. The van der Waals surface area contributed by atoms with Gasteiger partial charge in [-0.2, -0.15) is 8.78 Å². The highest BCUT2D eigenvalue weighted by Crippen LogP contribution is 2.43. The first-order valence-electron chi connectivity index (χ1n) is 13.8. The van der Waals surface area contributed by atoms with Crippen LogP contribution in [0.2, 0.25) is 0 Å². The minimum Gasteiger partial charge on any atom is -0.429 e. The van der Waals surface area contributed by atoms with Crippen molar-refractivity contribution in [3.63, 3.8) is 0 Å². The highest BCUT2D eigenvalue weighted by atomic mass is 19.3. The van der Waals surface area contributed by atoms with E-state index in [1.807, 2.05) is 0 Å². The first-order valence-corrected chi connectivity index (χ1v) is 13.8. The molecule has 2 aromatic rings. The van der Waals surface area contributed by atoms with Crippen LogP contribution in [-0.4, -0.2) is 0 Å². The Hall–Kier alpha value is -2.25. The molecular formula is C30H35F7O. The minimum absolute atomic E-state index is 0.00251. The zero-order valence-electron chi connectivity index (χ0n) is 21.7. The monoisotopic (exact) mass is 544 g/mol. The summed E-state index contributed by atoms with van der Waals surface area (Å²) in [5, 5.41) is 0. The zero-order valence-corrected chi connectivity index (χ0v) is 21.7. The van der Waals surface area contributed by atoms with Gasteiger partial charge in [-0.05, 0) is 73.8 Å². The van der Waals surface area contributed by atoms with Gasteiger partial charge in [0.25, 0.3) is 0 Å². The lowest BCUT2D eigenvalue weighted by atomic mass is 9.68. The highest BCUT2D eigenvalue weighted by molar-refractivity contribution is 5.31. The van der Waals surface area contributed by atoms with Gasteiger partial charge in [-0.1, -0.05) is 51.5 Å². The van der Waals surface area contributed by atoms with Crippen LogP contribution in [0.15, 0.2) is 24.3 Å². The van der Waals surface area contributed by atoms with E-state index in [1.54, 1.807) is 0 Å². The van der Waals surface area contributed by atoms with E-state index in [2.05, 4.69) is 11.7 Å². The lowest BCUT2D eigenvalue weighted by Crippen LogP contribution is -2.26. The molecule has 1 nitrogen and oxygen atoms in total. The second kappa shape index (κ2) is 12.3. The Kier molecular flexibility index (Phi) is 9.30. The van der Waals surface area contributed by atoms with E-state index in [0.717, 1.165) is 55.6 Å². The van der Waals surface area contributed by atoms with E-state index in [9.17, 15) is 30.7 Å². The van der Waals surface area contributed by atoms with Crippen LogP contribution in [0.3, 0.4) is 0 Å². The van der Waals surface area contributed by atoms with E-state index >= 15 is 0 Å². The molecule has 2 aromatic carbocycles. The zero-order chi connectivity index (χ0) is 27.4. The van der Waals surface area contributed by atoms with Crippen LogP contribution in [0.1, 0.15) is 88.7 Å². The number of hydrogen-bond acceptors (Lipinski definition) is 1. The van der Waals surface area contributed by atoms with Crippen molar-refractivity contribution in [3.8, 4) is 5.75 Å². The molecule has 0 saturated heterocycles. The third kappa shape index (κ3) is 6.66. The number of halogens is 7. The molecular weight excluding hydrogens is 509 g/mol. The Balaban J connectivity index is 1.31. The molecule has 0 amide bonds. The van der Waals surface area contributed by atoms with Crippen molar-refractivity contribution in [1.82, 2.24) is 0 Å². The van der Waals surface area contributed by atoms with Gasteiger partial charge in [0.15, 0.2) is 29.1 Å². The van der Waals surface area contributed by atoms with Crippen LogP contribution in [0.25, 0.3) is 0 Å². The fourth-order valence-corrected chi connectivity index (χ4v) is 6.47. The van der Waals surface area contributed by atoms with Crippen molar-refractivity contribution >= 4 is 0 Å². The maximum absolute atomic E-state index is 14.7. The van der Waals surface area contributed by atoms with Crippen molar-refractivity contribution in [3.05, 3.63) is 64.5 Å². The van der Waals surface area contributed by atoms with E-state index in [0.29, 0.717) is 12.3 Å². The molecule has 4 rings (SSSR count). The SMILES string of the molecule is CCCC1CCC(C2CCC(CCc3ccc(C(F)(F)Oc4cc(F)c(F)c(F)c4)c(F)c3F)CC2)CC1. The summed E-state index contributed by atoms with van der Waals surface area (Å²) >= 11 is 0. The molecule has 2 aliphatic carbocycles. The lowest BCUT2D eigenvalue weighted by Gasteiger charge is -2.38. The van der Waals surface area contributed by atoms with Gasteiger partial charge in [0.05, 0.1) is 0 Å².